The maximum absolute atomic E-state index is 12.1. The van der Waals surface area contributed by atoms with Crippen molar-refractivity contribution in [2.24, 2.45) is 0 Å². The first-order chi connectivity index (χ1) is 9.11. The second-order valence-electron chi connectivity index (χ2n) is 3.82. The van der Waals surface area contributed by atoms with Gasteiger partial charge in [-0.25, -0.2) is 9.97 Å². The molecule has 0 spiro atoms. The topological polar surface area (TPSA) is 64.1 Å². The summed E-state index contributed by atoms with van der Waals surface area (Å²) in [5, 5.41) is 3.24. The van der Waals surface area contributed by atoms with Gasteiger partial charge in [-0.3, -0.25) is 4.79 Å². The Morgan fingerprint density at radius 3 is 2.89 bits per heavy atom. The summed E-state index contributed by atoms with van der Waals surface area (Å²) in [7, 11) is 1.52. The highest BCUT2D eigenvalue weighted by molar-refractivity contribution is 6.31. The summed E-state index contributed by atoms with van der Waals surface area (Å²) in [6.45, 7) is 1.74. The van der Waals surface area contributed by atoms with Crippen LogP contribution in [0.3, 0.4) is 0 Å². The van der Waals surface area contributed by atoms with E-state index < -0.39 is 0 Å². The molecule has 0 aliphatic rings. The lowest BCUT2D eigenvalue weighted by Crippen LogP contribution is -2.15. The fourth-order valence-corrected chi connectivity index (χ4v) is 1.75. The number of aromatic nitrogens is 2. The molecule has 1 heterocycles. The first-order valence-corrected chi connectivity index (χ1v) is 5.91. The molecular formula is C13H12ClN3O2. The Hall–Kier alpha value is -2.14. The molecule has 0 radical (unpaired) electrons. The van der Waals surface area contributed by atoms with Crippen molar-refractivity contribution >= 4 is 23.2 Å². The molecule has 0 unspecified atom stereocenters. The van der Waals surface area contributed by atoms with Gasteiger partial charge in [0.15, 0.2) is 0 Å². The molecule has 0 atom stereocenters. The number of aryl methyl sites for hydroxylation is 1. The second kappa shape index (κ2) is 5.67. The van der Waals surface area contributed by atoms with Gasteiger partial charge in [0.2, 0.25) is 0 Å². The van der Waals surface area contributed by atoms with Crippen LogP contribution in [0.1, 0.15) is 16.1 Å². The highest BCUT2D eigenvalue weighted by atomic mass is 35.5. The number of halogens is 1. The Morgan fingerprint density at radius 1 is 1.42 bits per heavy atom. The summed E-state index contributed by atoms with van der Waals surface area (Å²) < 4.78 is 5.16. The SMILES string of the molecule is COc1ccc(Cl)cc1NC(=O)c1cncnc1C. The molecular weight excluding hydrogens is 266 g/mol. The molecule has 1 amide bonds. The van der Waals surface area contributed by atoms with E-state index in [-0.39, 0.29) is 5.91 Å². The van der Waals surface area contributed by atoms with E-state index in [2.05, 4.69) is 15.3 Å². The highest BCUT2D eigenvalue weighted by Crippen LogP contribution is 2.28. The molecule has 1 aromatic heterocycles. The van der Waals surface area contributed by atoms with E-state index in [0.29, 0.717) is 27.7 Å². The Morgan fingerprint density at radius 2 is 2.21 bits per heavy atom. The zero-order chi connectivity index (χ0) is 13.8. The lowest BCUT2D eigenvalue weighted by molar-refractivity contribution is 0.102. The first kappa shape index (κ1) is 13.3. The van der Waals surface area contributed by atoms with Crippen LogP contribution >= 0.6 is 11.6 Å². The van der Waals surface area contributed by atoms with Crippen molar-refractivity contribution in [3.05, 3.63) is 47.0 Å². The highest BCUT2D eigenvalue weighted by Gasteiger charge is 2.13. The number of nitrogens with zero attached hydrogens (tertiary/aromatic N) is 2. The van der Waals surface area contributed by atoms with Crippen LogP contribution in [0.4, 0.5) is 5.69 Å². The van der Waals surface area contributed by atoms with E-state index >= 15 is 0 Å². The molecule has 19 heavy (non-hydrogen) atoms. The van der Waals surface area contributed by atoms with Crippen LogP contribution in [0.5, 0.6) is 5.75 Å². The normalized spacial score (nSPS) is 10.1. The van der Waals surface area contributed by atoms with E-state index in [0.717, 1.165) is 0 Å². The molecule has 1 N–H and O–H groups in total. The van der Waals surface area contributed by atoms with Gasteiger partial charge in [0, 0.05) is 11.2 Å². The van der Waals surface area contributed by atoms with Gasteiger partial charge < -0.3 is 10.1 Å². The molecule has 0 bridgehead atoms. The molecule has 0 aliphatic heterocycles. The summed E-state index contributed by atoms with van der Waals surface area (Å²) in [6.07, 6.45) is 2.86. The maximum Gasteiger partial charge on any atom is 0.259 e. The molecule has 5 nitrogen and oxygen atoms in total. The van der Waals surface area contributed by atoms with Gasteiger partial charge in [0.1, 0.15) is 12.1 Å². The van der Waals surface area contributed by atoms with E-state index in [1.807, 2.05) is 0 Å². The van der Waals surface area contributed by atoms with Gasteiger partial charge in [-0.15, -0.1) is 0 Å². The number of methoxy groups -OCH3 is 1. The number of carbonyl (C=O) groups excluding carboxylic acids is 1. The molecule has 0 fully saturated rings. The summed E-state index contributed by atoms with van der Waals surface area (Å²) >= 11 is 5.90. The quantitative estimate of drug-likeness (QED) is 0.937. The Balaban J connectivity index is 2.29. The first-order valence-electron chi connectivity index (χ1n) is 5.53. The third-order valence-electron chi connectivity index (χ3n) is 2.57. The minimum Gasteiger partial charge on any atom is -0.495 e. The second-order valence-corrected chi connectivity index (χ2v) is 4.26. The number of benzene rings is 1. The predicted octanol–water partition coefficient (Wildman–Crippen LogP) is 2.70. The van der Waals surface area contributed by atoms with Gasteiger partial charge in [0.25, 0.3) is 5.91 Å². The van der Waals surface area contributed by atoms with Gasteiger partial charge in [-0.2, -0.15) is 0 Å². The number of nitrogens with one attached hydrogen (secondary N) is 1. The fourth-order valence-electron chi connectivity index (χ4n) is 1.58. The third-order valence-corrected chi connectivity index (χ3v) is 2.80. The largest absolute Gasteiger partial charge is 0.495 e. The average molecular weight is 278 g/mol. The van der Waals surface area contributed by atoms with Crippen molar-refractivity contribution in [3.8, 4) is 5.75 Å². The number of rotatable bonds is 3. The smallest absolute Gasteiger partial charge is 0.259 e. The van der Waals surface area contributed by atoms with Crippen LogP contribution in [-0.4, -0.2) is 23.0 Å². The van der Waals surface area contributed by atoms with Crippen LogP contribution in [0, 0.1) is 6.92 Å². The van der Waals surface area contributed by atoms with Gasteiger partial charge in [0.05, 0.1) is 24.1 Å². The van der Waals surface area contributed by atoms with E-state index in [1.165, 1.54) is 19.6 Å². The van der Waals surface area contributed by atoms with Crippen molar-refractivity contribution in [1.82, 2.24) is 9.97 Å². The monoisotopic (exact) mass is 277 g/mol. The molecule has 0 saturated carbocycles. The van der Waals surface area contributed by atoms with Crippen molar-refractivity contribution in [2.45, 2.75) is 6.92 Å². The lowest BCUT2D eigenvalue weighted by Gasteiger charge is -2.11. The summed E-state index contributed by atoms with van der Waals surface area (Å²) in [5.41, 5.74) is 1.52. The number of hydrogen-bond donors (Lipinski definition) is 1. The van der Waals surface area contributed by atoms with E-state index in [4.69, 9.17) is 16.3 Å². The Labute approximate surface area is 115 Å². The fraction of sp³-hybridized carbons (Fsp3) is 0.154. The van der Waals surface area contributed by atoms with Crippen molar-refractivity contribution in [3.63, 3.8) is 0 Å². The predicted molar refractivity (Wildman–Crippen MR) is 72.7 cm³/mol. The van der Waals surface area contributed by atoms with Gasteiger partial charge in [-0.05, 0) is 25.1 Å². The Kier molecular flexibility index (Phi) is 3.97. The zero-order valence-electron chi connectivity index (χ0n) is 10.5. The number of anilines is 1. The minimum absolute atomic E-state index is 0.307. The number of carbonyl (C=O) groups is 1. The standard InChI is InChI=1S/C13H12ClN3O2/c1-8-10(6-15-7-16-8)13(18)17-11-5-9(14)3-4-12(11)19-2/h3-7H,1-2H3,(H,17,18). The van der Waals surface area contributed by atoms with Crippen molar-refractivity contribution in [2.75, 3.05) is 12.4 Å². The number of hydrogen-bond acceptors (Lipinski definition) is 4. The van der Waals surface area contributed by atoms with Crippen molar-refractivity contribution in [1.29, 1.82) is 0 Å². The number of amides is 1. The Bertz CT molecular complexity index is 617. The van der Waals surface area contributed by atoms with Crippen molar-refractivity contribution < 1.29 is 9.53 Å². The molecule has 6 heteroatoms. The minimum atomic E-state index is -0.307. The molecule has 0 saturated heterocycles. The molecule has 2 aromatic rings. The molecule has 2 rings (SSSR count). The van der Waals surface area contributed by atoms with E-state index in [1.54, 1.807) is 25.1 Å². The summed E-state index contributed by atoms with van der Waals surface area (Å²) in [5.74, 6) is 0.228. The van der Waals surface area contributed by atoms with E-state index in [9.17, 15) is 4.79 Å². The molecule has 98 valence electrons. The van der Waals surface area contributed by atoms with Crippen LogP contribution in [0.2, 0.25) is 5.02 Å². The maximum atomic E-state index is 12.1. The zero-order valence-corrected chi connectivity index (χ0v) is 11.2. The lowest BCUT2D eigenvalue weighted by atomic mass is 10.2. The number of ether oxygens (including phenoxy) is 1. The van der Waals surface area contributed by atoms with Crippen LogP contribution in [-0.2, 0) is 0 Å². The molecule has 1 aromatic carbocycles. The van der Waals surface area contributed by atoms with Gasteiger partial charge >= 0.3 is 0 Å². The van der Waals surface area contributed by atoms with Crippen LogP contribution < -0.4 is 10.1 Å². The van der Waals surface area contributed by atoms with Crippen LogP contribution in [0.15, 0.2) is 30.7 Å². The molecule has 0 aliphatic carbocycles. The third kappa shape index (κ3) is 3.00. The van der Waals surface area contributed by atoms with Gasteiger partial charge in [-0.1, -0.05) is 11.6 Å². The summed E-state index contributed by atoms with van der Waals surface area (Å²) in [4.78, 5) is 19.9. The summed E-state index contributed by atoms with van der Waals surface area (Å²) in [6, 6.07) is 5.00. The average Bonchev–Trinajstić information content (AvgIpc) is 2.39. The van der Waals surface area contributed by atoms with Crippen LogP contribution in [0.25, 0.3) is 0 Å².